The zero-order chi connectivity index (χ0) is 12.4. The van der Waals surface area contributed by atoms with Crippen molar-refractivity contribution in [3.63, 3.8) is 0 Å². The monoisotopic (exact) mass is 250 g/mol. The molecule has 0 aromatic heterocycles. The van der Waals surface area contributed by atoms with Crippen molar-refractivity contribution in [2.24, 2.45) is 0 Å². The minimum atomic E-state index is -3.83. The van der Waals surface area contributed by atoms with Crippen LogP contribution in [-0.4, -0.2) is 18.2 Å². The fraction of sp³-hybridized carbons (Fsp3) is 1.00. The van der Waals surface area contributed by atoms with Crippen molar-refractivity contribution in [2.75, 3.05) is 0 Å². The first-order valence-corrected chi connectivity index (χ1v) is 7.99. The fourth-order valence-corrected chi connectivity index (χ4v) is 2.78. The molecule has 0 rings (SSSR count). The Bertz CT molecular complexity index is 247. The van der Waals surface area contributed by atoms with Gasteiger partial charge in [0.05, 0.1) is 5.25 Å². The molecule has 98 valence electrons. The van der Waals surface area contributed by atoms with Crippen LogP contribution in [0, 0.1) is 0 Å². The summed E-state index contributed by atoms with van der Waals surface area (Å²) in [5, 5.41) is -0.533. The summed E-state index contributed by atoms with van der Waals surface area (Å²) in [5.41, 5.74) is 0. The van der Waals surface area contributed by atoms with E-state index in [1.807, 2.05) is 6.92 Å². The van der Waals surface area contributed by atoms with Gasteiger partial charge in [-0.05, 0) is 12.8 Å². The zero-order valence-corrected chi connectivity index (χ0v) is 11.4. The average Bonchev–Trinajstić information content (AvgIpc) is 2.20. The molecule has 4 heteroatoms. The van der Waals surface area contributed by atoms with Gasteiger partial charge in [-0.2, -0.15) is 8.42 Å². The molecule has 0 heterocycles. The topological polar surface area (TPSA) is 54.4 Å². The van der Waals surface area contributed by atoms with E-state index in [2.05, 4.69) is 6.92 Å². The van der Waals surface area contributed by atoms with Gasteiger partial charge >= 0.3 is 0 Å². The standard InChI is InChI=1S/C12H26O3S/c1-3-5-7-8-9-11-12(10-6-4-2)16(13,14)15/h12H,3-11H2,1-2H3,(H,13,14,15). The van der Waals surface area contributed by atoms with Gasteiger partial charge in [-0.3, -0.25) is 4.55 Å². The highest BCUT2D eigenvalue weighted by atomic mass is 32.2. The maximum absolute atomic E-state index is 11.1. The summed E-state index contributed by atoms with van der Waals surface area (Å²) in [4.78, 5) is 0. The van der Waals surface area contributed by atoms with E-state index in [1.54, 1.807) is 0 Å². The highest BCUT2D eigenvalue weighted by Gasteiger charge is 2.21. The van der Waals surface area contributed by atoms with E-state index >= 15 is 0 Å². The van der Waals surface area contributed by atoms with Crippen molar-refractivity contribution < 1.29 is 13.0 Å². The second-order valence-electron chi connectivity index (χ2n) is 4.48. The van der Waals surface area contributed by atoms with Crippen LogP contribution in [-0.2, 0) is 10.1 Å². The summed E-state index contributed by atoms with van der Waals surface area (Å²) < 4.78 is 31.3. The SMILES string of the molecule is CCCCCCCC(CCCC)S(=O)(=O)O. The molecular formula is C12H26O3S. The highest BCUT2D eigenvalue weighted by Crippen LogP contribution is 2.17. The molecule has 0 saturated carbocycles. The lowest BCUT2D eigenvalue weighted by molar-refractivity contribution is 0.446. The maximum Gasteiger partial charge on any atom is 0.267 e. The van der Waals surface area contributed by atoms with Gasteiger partial charge in [0.1, 0.15) is 0 Å². The third-order valence-corrected chi connectivity index (χ3v) is 4.24. The molecule has 0 saturated heterocycles. The Morgan fingerprint density at radius 1 is 0.875 bits per heavy atom. The average molecular weight is 250 g/mol. The molecule has 0 aliphatic rings. The lowest BCUT2D eigenvalue weighted by Gasteiger charge is -2.12. The Labute approximate surface area is 100 Å². The van der Waals surface area contributed by atoms with Gasteiger partial charge in [-0.15, -0.1) is 0 Å². The van der Waals surface area contributed by atoms with Crippen LogP contribution in [0.4, 0.5) is 0 Å². The summed E-state index contributed by atoms with van der Waals surface area (Å²) in [6.45, 7) is 4.19. The minimum Gasteiger partial charge on any atom is -0.285 e. The maximum atomic E-state index is 11.1. The second-order valence-corrected chi connectivity index (χ2v) is 6.18. The summed E-state index contributed by atoms with van der Waals surface area (Å²) in [7, 11) is -3.83. The molecule has 16 heavy (non-hydrogen) atoms. The molecule has 0 aromatic carbocycles. The molecule has 0 amide bonds. The lowest BCUT2D eigenvalue weighted by atomic mass is 10.1. The van der Waals surface area contributed by atoms with E-state index in [9.17, 15) is 8.42 Å². The van der Waals surface area contributed by atoms with Crippen LogP contribution >= 0.6 is 0 Å². The van der Waals surface area contributed by atoms with Crippen molar-refractivity contribution in [3.05, 3.63) is 0 Å². The normalized spacial score (nSPS) is 13.9. The van der Waals surface area contributed by atoms with Crippen molar-refractivity contribution in [3.8, 4) is 0 Å². The van der Waals surface area contributed by atoms with E-state index in [0.29, 0.717) is 12.8 Å². The molecule has 1 N–H and O–H groups in total. The van der Waals surface area contributed by atoms with Gasteiger partial charge in [0, 0.05) is 0 Å². The molecule has 0 aliphatic heterocycles. The second kappa shape index (κ2) is 8.99. The molecule has 0 aromatic rings. The molecule has 0 fully saturated rings. The summed E-state index contributed by atoms with van der Waals surface area (Å²) in [6.07, 6.45) is 8.62. The fourth-order valence-electron chi connectivity index (χ4n) is 1.85. The molecule has 1 unspecified atom stereocenters. The Balaban J connectivity index is 3.84. The van der Waals surface area contributed by atoms with Gasteiger partial charge in [0.15, 0.2) is 0 Å². The van der Waals surface area contributed by atoms with Gasteiger partial charge < -0.3 is 0 Å². The Hall–Kier alpha value is -0.0900. The van der Waals surface area contributed by atoms with Crippen molar-refractivity contribution in [2.45, 2.75) is 76.9 Å². The van der Waals surface area contributed by atoms with Crippen LogP contribution < -0.4 is 0 Å². The Morgan fingerprint density at radius 2 is 1.38 bits per heavy atom. The van der Waals surface area contributed by atoms with Crippen LogP contribution in [0.25, 0.3) is 0 Å². The lowest BCUT2D eigenvalue weighted by Crippen LogP contribution is -2.20. The highest BCUT2D eigenvalue weighted by molar-refractivity contribution is 7.86. The van der Waals surface area contributed by atoms with Gasteiger partial charge in [0.25, 0.3) is 10.1 Å². The molecule has 0 bridgehead atoms. The summed E-state index contributed by atoms with van der Waals surface area (Å²) in [5.74, 6) is 0. The molecule has 0 spiro atoms. The minimum absolute atomic E-state index is 0.533. The third kappa shape index (κ3) is 8.11. The third-order valence-electron chi connectivity index (χ3n) is 2.93. The number of hydrogen-bond donors (Lipinski definition) is 1. The van der Waals surface area contributed by atoms with E-state index < -0.39 is 15.4 Å². The van der Waals surface area contributed by atoms with Gasteiger partial charge in [0.2, 0.25) is 0 Å². The molecule has 0 radical (unpaired) electrons. The largest absolute Gasteiger partial charge is 0.285 e. The van der Waals surface area contributed by atoms with E-state index in [-0.39, 0.29) is 0 Å². The summed E-state index contributed by atoms with van der Waals surface area (Å²) in [6, 6.07) is 0. The van der Waals surface area contributed by atoms with Crippen LogP contribution in [0.5, 0.6) is 0 Å². The quantitative estimate of drug-likeness (QED) is 0.474. The Morgan fingerprint density at radius 3 is 1.88 bits per heavy atom. The molecule has 3 nitrogen and oxygen atoms in total. The van der Waals surface area contributed by atoms with Crippen molar-refractivity contribution in [1.82, 2.24) is 0 Å². The predicted octanol–water partition coefficient (Wildman–Crippen LogP) is 3.79. The number of unbranched alkanes of at least 4 members (excludes halogenated alkanes) is 5. The van der Waals surface area contributed by atoms with Crippen LogP contribution in [0.2, 0.25) is 0 Å². The van der Waals surface area contributed by atoms with Crippen molar-refractivity contribution >= 4 is 10.1 Å². The number of hydrogen-bond acceptors (Lipinski definition) is 2. The first-order chi connectivity index (χ1) is 7.52. The molecular weight excluding hydrogens is 224 g/mol. The van der Waals surface area contributed by atoms with Crippen molar-refractivity contribution in [1.29, 1.82) is 0 Å². The predicted molar refractivity (Wildman–Crippen MR) is 68.2 cm³/mol. The van der Waals surface area contributed by atoms with Gasteiger partial charge in [-0.1, -0.05) is 58.8 Å². The van der Waals surface area contributed by atoms with Crippen LogP contribution in [0.3, 0.4) is 0 Å². The van der Waals surface area contributed by atoms with E-state index in [1.165, 1.54) is 19.3 Å². The smallest absolute Gasteiger partial charge is 0.267 e. The van der Waals surface area contributed by atoms with E-state index in [0.717, 1.165) is 25.7 Å². The summed E-state index contributed by atoms with van der Waals surface area (Å²) >= 11 is 0. The molecule has 1 atom stereocenters. The van der Waals surface area contributed by atoms with E-state index in [4.69, 9.17) is 4.55 Å². The van der Waals surface area contributed by atoms with Gasteiger partial charge in [-0.25, -0.2) is 0 Å². The molecule has 0 aliphatic carbocycles. The first-order valence-electron chi connectivity index (χ1n) is 6.48. The zero-order valence-electron chi connectivity index (χ0n) is 10.6. The first kappa shape index (κ1) is 15.9. The van der Waals surface area contributed by atoms with Crippen LogP contribution in [0.15, 0.2) is 0 Å². The number of rotatable bonds is 10. The Kier molecular flexibility index (Phi) is 8.94. The van der Waals surface area contributed by atoms with Crippen LogP contribution in [0.1, 0.15) is 71.6 Å².